The summed E-state index contributed by atoms with van der Waals surface area (Å²) in [7, 11) is -3.44. The van der Waals surface area contributed by atoms with Gasteiger partial charge in [-0.2, -0.15) is 50.3 Å². The monoisotopic (exact) mass is 1520 g/mol. The number of halogens is 12. The van der Waals surface area contributed by atoms with Crippen LogP contribution in [0, 0.1) is 0 Å². The van der Waals surface area contributed by atoms with E-state index in [1.54, 1.807) is 45.2 Å². The molecule has 0 radical (unpaired) electrons. The highest BCUT2D eigenvalue weighted by molar-refractivity contribution is 7.90. The molecular formula is C57H65Cl6F6N19O9S. The number of nitrogens with one attached hydrogen (secondary N) is 3. The molecule has 0 aromatic carbocycles. The lowest BCUT2D eigenvalue weighted by atomic mass is 9.92. The first-order valence-electron chi connectivity index (χ1n) is 29.7. The van der Waals surface area contributed by atoms with E-state index >= 15 is 0 Å². The quantitative estimate of drug-likeness (QED) is 0.0209. The second-order valence-electron chi connectivity index (χ2n) is 21.2. The van der Waals surface area contributed by atoms with Crippen molar-refractivity contribution in [2.75, 3.05) is 36.7 Å². The summed E-state index contributed by atoms with van der Waals surface area (Å²) in [6.07, 6.45) is 8.93. The molecule has 8 heterocycles. The predicted molar refractivity (Wildman–Crippen MR) is 348 cm³/mol. The fourth-order valence-electron chi connectivity index (χ4n) is 8.67. The molecule has 28 nitrogen and oxygen atoms in total. The van der Waals surface area contributed by atoms with Crippen LogP contribution in [0.25, 0.3) is 17.8 Å². The third-order valence-electron chi connectivity index (χ3n) is 13.5. The Hall–Kier alpha value is -7.64. The number of nitrogens with two attached hydrogens (primary N) is 1. The number of rotatable bonds is 15. The summed E-state index contributed by atoms with van der Waals surface area (Å²) in [4.78, 5) is 65.6. The Balaban J connectivity index is 0.000000193. The molecule has 3 aliphatic carbocycles. The number of H-pyrrole nitrogens is 1. The lowest BCUT2D eigenvalue weighted by molar-refractivity contribution is -0.0378. The smallest absolute Gasteiger partial charge is 0.358 e. The van der Waals surface area contributed by atoms with Gasteiger partial charge in [-0.25, -0.2) is 73.2 Å². The summed E-state index contributed by atoms with van der Waals surface area (Å²) >= 11 is 34.5. The molecular weight excluding hydrogens is 1450 g/mol. The number of aromatic nitrogens is 16. The fourth-order valence-corrected chi connectivity index (χ4v) is 10.5. The SMILES string of the molecule is CCOC(=O)c1ccn(-c2nc(Cl)cc(Cl)n2)n1.CCOC(=O)c1ccn(-c2nc(Cl)cc(NC3CCC(F)(F)CC3)n2)n1.CCOC(=O)c1ccn[nH]1.CS(=O)(=O)c1nc(Cl)cc(Cl)n1.NC1CCC(F)(F)CC1.OCc1ccn(-c2nc(Cl)cc(NC3CCC(F)(F)CC3)n2)n1. The second kappa shape index (κ2) is 37.0. The minimum Gasteiger partial charge on any atom is -0.461 e. The number of hydrogen-bond acceptors (Lipinski definition) is 24. The van der Waals surface area contributed by atoms with E-state index < -0.39 is 39.5 Å². The standard InChI is InChI=1S/C16H18ClF2N5O2.C14H16ClF2N5O.C10H8Cl2N4O2.C6H11F2N.C6H8N2O2.C5H4Cl2N2O2S/c1-2-26-14(25)11-5-8-24(23-11)15-21-12(17)9-13(22-15)20-10-3-6-16(18,19)7-4-10;15-11-7-12(18-9-1-4-14(16,17)5-2-9)20-13(19-11)22-6-3-10(8-23)21-22;1-2-18-9(17)6-3-4-16(15-6)10-13-7(11)5-8(12)14-10;7-6(8)3-1-5(9)2-4-6;1-2-10-6(9)5-3-4-7-8-5;1-12(10,11)5-8-3(6)2-4(7)9-5/h5,8-10H,2-4,6-7H2,1H3,(H,20,21,22);3,6-7,9,23H,1-2,4-5,8H2,(H,18,19,20);3-5H,2H2,1H3;5H,1-4,9H2;3-4H,2H2,1H3,(H,7,8);2H,1H3. The van der Waals surface area contributed by atoms with E-state index in [9.17, 15) is 49.1 Å². The maximum atomic E-state index is 13.3. The number of anilines is 2. The van der Waals surface area contributed by atoms with Crippen LogP contribution in [-0.2, 0) is 30.7 Å². The predicted octanol–water partition coefficient (Wildman–Crippen LogP) is 11.7. The third-order valence-corrected chi connectivity index (χ3v) is 15.5. The summed E-state index contributed by atoms with van der Waals surface area (Å²) < 4.78 is 118. The van der Waals surface area contributed by atoms with E-state index in [4.69, 9.17) is 89.9 Å². The zero-order valence-electron chi connectivity index (χ0n) is 52.4. The molecule has 0 saturated heterocycles. The summed E-state index contributed by atoms with van der Waals surface area (Å²) in [6, 6.07) is 11.8. The maximum absolute atomic E-state index is 13.3. The van der Waals surface area contributed by atoms with Crippen LogP contribution in [0.2, 0.25) is 30.9 Å². The Bertz CT molecular complexity index is 3960. The van der Waals surface area contributed by atoms with Gasteiger partial charge in [-0.05, 0) is 83.6 Å². The Morgan fingerprint density at radius 2 is 0.908 bits per heavy atom. The first-order valence-corrected chi connectivity index (χ1v) is 33.8. The van der Waals surface area contributed by atoms with Gasteiger partial charge in [0.1, 0.15) is 48.2 Å². The van der Waals surface area contributed by atoms with Crippen molar-refractivity contribution in [2.45, 2.75) is 145 Å². The first kappa shape index (κ1) is 79.3. The minimum atomic E-state index is -3.44. The number of aliphatic hydroxyl groups is 1. The van der Waals surface area contributed by atoms with Crippen molar-refractivity contribution in [1.82, 2.24) is 79.4 Å². The summed E-state index contributed by atoms with van der Waals surface area (Å²) in [5, 5.41) is 34.0. The molecule has 532 valence electrons. The number of sulfone groups is 1. The molecule has 98 heavy (non-hydrogen) atoms. The molecule has 11 rings (SSSR count). The molecule has 8 aromatic rings. The Morgan fingerprint density at radius 1 is 0.551 bits per heavy atom. The van der Waals surface area contributed by atoms with Gasteiger partial charge >= 0.3 is 17.9 Å². The van der Waals surface area contributed by atoms with Crippen molar-refractivity contribution in [3.63, 3.8) is 0 Å². The molecule has 8 aromatic heterocycles. The number of hydrogen-bond donors (Lipinski definition) is 5. The van der Waals surface area contributed by atoms with E-state index in [0.717, 1.165) is 6.26 Å². The van der Waals surface area contributed by atoms with Gasteiger partial charge in [0.05, 0.1) is 32.1 Å². The molecule has 3 saturated carbocycles. The number of nitrogens with zero attached hydrogens (tertiary/aromatic N) is 15. The van der Waals surface area contributed by atoms with Crippen molar-refractivity contribution >= 4 is 109 Å². The lowest BCUT2D eigenvalue weighted by Crippen LogP contribution is -2.32. The molecule has 3 fully saturated rings. The largest absolute Gasteiger partial charge is 0.461 e. The zero-order chi connectivity index (χ0) is 72.0. The molecule has 6 N–H and O–H groups in total. The molecule has 41 heteroatoms. The van der Waals surface area contributed by atoms with Gasteiger partial charge in [-0.1, -0.05) is 69.6 Å². The molecule has 0 atom stereocenters. The number of ether oxygens (including phenoxy) is 3. The van der Waals surface area contributed by atoms with Gasteiger partial charge < -0.3 is 35.7 Å². The van der Waals surface area contributed by atoms with Gasteiger partial charge in [-0.3, -0.25) is 5.10 Å². The number of carbonyl (C=O) groups excluding carboxylic acids is 3. The van der Waals surface area contributed by atoms with Crippen molar-refractivity contribution in [3.05, 3.63) is 127 Å². The molecule has 0 aliphatic heterocycles. The van der Waals surface area contributed by atoms with Crippen LogP contribution in [0.4, 0.5) is 38.0 Å². The van der Waals surface area contributed by atoms with Gasteiger partial charge in [0.2, 0.25) is 32.8 Å². The van der Waals surface area contributed by atoms with Crippen LogP contribution in [0.3, 0.4) is 0 Å². The summed E-state index contributed by atoms with van der Waals surface area (Å²) in [6.45, 7) is 5.91. The van der Waals surface area contributed by atoms with Gasteiger partial charge in [0, 0.05) is 112 Å². The maximum Gasteiger partial charge on any atom is 0.358 e. The zero-order valence-corrected chi connectivity index (χ0v) is 57.8. The van der Waals surface area contributed by atoms with Gasteiger partial charge in [-0.15, -0.1) is 0 Å². The van der Waals surface area contributed by atoms with Crippen molar-refractivity contribution in [2.24, 2.45) is 5.73 Å². The van der Waals surface area contributed by atoms with Crippen LogP contribution in [0.1, 0.15) is 135 Å². The first-order chi connectivity index (χ1) is 46.2. The number of carbonyl (C=O) groups is 3. The van der Waals surface area contributed by atoms with Crippen LogP contribution >= 0.6 is 69.6 Å². The van der Waals surface area contributed by atoms with Crippen molar-refractivity contribution in [3.8, 4) is 17.8 Å². The number of alkyl halides is 6. The van der Waals surface area contributed by atoms with E-state index in [0.29, 0.717) is 68.2 Å². The van der Waals surface area contributed by atoms with E-state index in [1.165, 1.54) is 63.0 Å². The van der Waals surface area contributed by atoms with E-state index in [1.807, 2.05) is 0 Å². The van der Waals surface area contributed by atoms with Gasteiger partial charge in [0.15, 0.2) is 11.4 Å². The fraction of sp³-hybridized carbons (Fsp3) is 0.456. The van der Waals surface area contributed by atoms with E-state index in [2.05, 4.69) is 80.7 Å². The number of aliphatic hydroxyl groups excluding tert-OH is 1. The van der Waals surface area contributed by atoms with Crippen molar-refractivity contribution < 1.29 is 68.5 Å². The van der Waals surface area contributed by atoms with Crippen LogP contribution in [0.15, 0.2) is 78.5 Å². The third kappa shape index (κ3) is 26.6. The van der Waals surface area contributed by atoms with Crippen molar-refractivity contribution in [1.29, 1.82) is 0 Å². The van der Waals surface area contributed by atoms with Crippen LogP contribution in [-0.4, -0.2) is 173 Å². The Morgan fingerprint density at radius 3 is 1.27 bits per heavy atom. The highest BCUT2D eigenvalue weighted by Crippen LogP contribution is 2.36. The minimum absolute atomic E-state index is 0.00965. The number of aromatic amines is 1. The molecule has 0 amide bonds. The molecule has 0 bridgehead atoms. The summed E-state index contributed by atoms with van der Waals surface area (Å²) in [5.74, 6) is -7.51. The Kier molecular flexibility index (Phi) is 29.9. The van der Waals surface area contributed by atoms with Crippen LogP contribution in [0.5, 0.6) is 0 Å². The highest BCUT2D eigenvalue weighted by atomic mass is 35.5. The average Bonchev–Trinajstić information content (AvgIpc) is 1.58. The van der Waals surface area contributed by atoms with Crippen LogP contribution < -0.4 is 16.4 Å². The number of esters is 3. The normalized spacial score (nSPS) is 15.7. The van der Waals surface area contributed by atoms with E-state index in [-0.39, 0.29) is 148 Å². The summed E-state index contributed by atoms with van der Waals surface area (Å²) in [5.41, 5.74) is 6.58. The molecule has 0 spiro atoms. The van der Waals surface area contributed by atoms with Gasteiger partial charge in [0.25, 0.3) is 17.8 Å². The molecule has 0 unspecified atom stereocenters. The lowest BCUT2D eigenvalue weighted by Gasteiger charge is -2.29. The average molecular weight is 1520 g/mol. The Labute approximate surface area is 586 Å². The molecule has 3 aliphatic rings. The topological polar surface area (TPSA) is 369 Å². The second-order valence-corrected chi connectivity index (χ2v) is 25.4. The highest BCUT2D eigenvalue weighted by Gasteiger charge is 2.37.